The standard InChI is InChI=1S/C31H36BrN3O6S/c1-22(31(37)33-25-8-4-5-9-25)34(20-23-12-14-24(32)15-13-23)30(36)21-35(28-10-6-7-11-29(28)41-3)42(38,39)27-18-16-26(40-2)17-19-27/h6-7,10-19,22,25H,4-5,8-9,20-21H2,1-3H3,(H,33,37). The molecule has 0 bridgehead atoms. The number of hydrogen-bond acceptors (Lipinski definition) is 6. The molecule has 0 aliphatic heterocycles. The van der Waals surface area contributed by atoms with Gasteiger partial charge in [-0.2, -0.15) is 0 Å². The van der Waals surface area contributed by atoms with Crippen molar-refractivity contribution >= 4 is 43.5 Å². The van der Waals surface area contributed by atoms with Crippen LogP contribution in [0.25, 0.3) is 0 Å². The fourth-order valence-corrected chi connectivity index (χ4v) is 6.67. The third-order valence-electron chi connectivity index (χ3n) is 7.42. The van der Waals surface area contributed by atoms with E-state index in [1.165, 1.54) is 31.3 Å². The van der Waals surface area contributed by atoms with E-state index in [1.54, 1.807) is 43.3 Å². The highest BCUT2D eigenvalue weighted by atomic mass is 79.9. The van der Waals surface area contributed by atoms with E-state index >= 15 is 0 Å². The third kappa shape index (κ3) is 7.43. The van der Waals surface area contributed by atoms with E-state index in [2.05, 4.69) is 21.2 Å². The summed E-state index contributed by atoms with van der Waals surface area (Å²) < 4.78 is 40.7. The number of halogens is 1. The summed E-state index contributed by atoms with van der Waals surface area (Å²) in [6.45, 7) is 1.24. The molecule has 3 aromatic rings. The van der Waals surface area contributed by atoms with Gasteiger partial charge in [-0.05, 0) is 73.9 Å². The van der Waals surface area contributed by atoms with Crippen molar-refractivity contribution < 1.29 is 27.5 Å². The van der Waals surface area contributed by atoms with Crippen molar-refractivity contribution in [2.75, 3.05) is 25.1 Å². The maximum absolute atomic E-state index is 14.1. The average Bonchev–Trinajstić information content (AvgIpc) is 3.52. The van der Waals surface area contributed by atoms with Gasteiger partial charge in [0.2, 0.25) is 11.8 Å². The molecule has 1 saturated carbocycles. The molecule has 0 heterocycles. The predicted octanol–water partition coefficient (Wildman–Crippen LogP) is 5.14. The van der Waals surface area contributed by atoms with E-state index in [-0.39, 0.29) is 34.8 Å². The number of anilines is 1. The van der Waals surface area contributed by atoms with Gasteiger partial charge in [0.25, 0.3) is 10.0 Å². The molecule has 0 radical (unpaired) electrons. The van der Waals surface area contributed by atoms with Gasteiger partial charge in [-0.1, -0.05) is 53.0 Å². The number of benzene rings is 3. The molecular weight excluding hydrogens is 622 g/mol. The summed E-state index contributed by atoms with van der Waals surface area (Å²) in [5, 5.41) is 3.07. The van der Waals surface area contributed by atoms with Crippen LogP contribution < -0.4 is 19.1 Å². The van der Waals surface area contributed by atoms with Crippen LogP contribution in [-0.2, 0) is 26.2 Å². The van der Waals surface area contributed by atoms with Gasteiger partial charge in [-0.15, -0.1) is 0 Å². The largest absolute Gasteiger partial charge is 0.497 e. The fourth-order valence-electron chi connectivity index (χ4n) is 4.99. The van der Waals surface area contributed by atoms with E-state index in [1.807, 2.05) is 24.3 Å². The second-order valence-corrected chi connectivity index (χ2v) is 13.0. The number of para-hydroxylation sites is 2. The monoisotopic (exact) mass is 657 g/mol. The number of methoxy groups -OCH3 is 2. The summed E-state index contributed by atoms with van der Waals surface area (Å²) in [6, 6.07) is 19.2. The lowest BCUT2D eigenvalue weighted by molar-refractivity contribution is -0.139. The molecule has 0 spiro atoms. The molecule has 11 heteroatoms. The lowest BCUT2D eigenvalue weighted by Gasteiger charge is -2.32. The zero-order valence-electron chi connectivity index (χ0n) is 24.0. The van der Waals surface area contributed by atoms with Crippen molar-refractivity contribution in [2.45, 2.75) is 56.1 Å². The molecule has 1 aliphatic rings. The highest BCUT2D eigenvalue weighted by Crippen LogP contribution is 2.33. The number of carbonyl (C=O) groups excluding carboxylic acids is 2. The van der Waals surface area contributed by atoms with Gasteiger partial charge in [-0.25, -0.2) is 8.42 Å². The number of rotatable bonds is 12. The first kappa shape index (κ1) is 31.4. The molecule has 3 aromatic carbocycles. The van der Waals surface area contributed by atoms with Gasteiger partial charge in [-0.3, -0.25) is 13.9 Å². The van der Waals surface area contributed by atoms with Gasteiger partial charge < -0.3 is 19.7 Å². The number of sulfonamides is 1. The number of hydrogen-bond donors (Lipinski definition) is 1. The molecule has 0 aromatic heterocycles. The SMILES string of the molecule is COc1ccc(S(=O)(=O)N(CC(=O)N(Cc2ccc(Br)cc2)C(C)C(=O)NC2CCCC2)c2ccccc2OC)cc1. The van der Waals surface area contributed by atoms with Gasteiger partial charge in [0.1, 0.15) is 24.1 Å². The summed E-state index contributed by atoms with van der Waals surface area (Å²) >= 11 is 3.43. The van der Waals surface area contributed by atoms with Crippen LogP contribution in [-0.4, -0.2) is 58.0 Å². The zero-order chi connectivity index (χ0) is 30.3. The second-order valence-electron chi connectivity index (χ2n) is 10.2. The Balaban J connectivity index is 1.71. The molecule has 1 atom stereocenters. The molecule has 1 aliphatic carbocycles. The summed E-state index contributed by atoms with van der Waals surface area (Å²) in [5.41, 5.74) is 1.00. The van der Waals surface area contributed by atoms with E-state index in [0.717, 1.165) is 40.0 Å². The Morgan fingerprint density at radius 3 is 2.21 bits per heavy atom. The molecule has 42 heavy (non-hydrogen) atoms. The highest BCUT2D eigenvalue weighted by molar-refractivity contribution is 9.10. The van der Waals surface area contributed by atoms with Crippen molar-refractivity contribution in [2.24, 2.45) is 0 Å². The van der Waals surface area contributed by atoms with Crippen LogP contribution >= 0.6 is 15.9 Å². The Bertz CT molecular complexity index is 1480. The predicted molar refractivity (Wildman–Crippen MR) is 165 cm³/mol. The number of amides is 2. The lowest BCUT2D eigenvalue weighted by Crippen LogP contribution is -2.52. The highest BCUT2D eigenvalue weighted by Gasteiger charge is 2.34. The minimum absolute atomic E-state index is 0.0199. The first-order valence-corrected chi connectivity index (χ1v) is 16.0. The third-order valence-corrected chi connectivity index (χ3v) is 9.72. The normalized spacial score (nSPS) is 14.2. The van der Waals surface area contributed by atoms with Gasteiger partial charge in [0, 0.05) is 17.1 Å². The first-order valence-electron chi connectivity index (χ1n) is 13.8. The van der Waals surface area contributed by atoms with E-state index in [0.29, 0.717) is 5.75 Å². The summed E-state index contributed by atoms with van der Waals surface area (Å²) in [5.74, 6) is -0.0188. The van der Waals surface area contributed by atoms with Crippen LogP contribution in [0.15, 0.2) is 82.2 Å². The van der Waals surface area contributed by atoms with Gasteiger partial charge >= 0.3 is 0 Å². The molecule has 224 valence electrons. The molecule has 1 fully saturated rings. The van der Waals surface area contributed by atoms with E-state index in [9.17, 15) is 18.0 Å². The average molecular weight is 659 g/mol. The Morgan fingerprint density at radius 1 is 0.952 bits per heavy atom. The molecule has 0 saturated heterocycles. The molecule has 9 nitrogen and oxygen atoms in total. The maximum Gasteiger partial charge on any atom is 0.264 e. The lowest BCUT2D eigenvalue weighted by atomic mass is 10.1. The molecule has 1 unspecified atom stereocenters. The molecule has 4 rings (SSSR count). The Labute approximate surface area is 256 Å². The first-order chi connectivity index (χ1) is 20.1. The number of ether oxygens (including phenoxy) is 2. The van der Waals surface area contributed by atoms with Crippen molar-refractivity contribution in [3.8, 4) is 11.5 Å². The number of nitrogens with zero attached hydrogens (tertiary/aromatic N) is 2. The zero-order valence-corrected chi connectivity index (χ0v) is 26.4. The van der Waals surface area contributed by atoms with Crippen LogP contribution in [0.4, 0.5) is 5.69 Å². The van der Waals surface area contributed by atoms with Crippen LogP contribution in [0.1, 0.15) is 38.2 Å². The van der Waals surface area contributed by atoms with Gasteiger partial charge in [0.05, 0.1) is 24.8 Å². The molecule has 1 N–H and O–H groups in total. The maximum atomic E-state index is 14.1. The van der Waals surface area contributed by atoms with Crippen LogP contribution in [0, 0.1) is 0 Å². The van der Waals surface area contributed by atoms with Crippen molar-refractivity contribution in [1.82, 2.24) is 10.2 Å². The molecule has 2 amide bonds. The topological polar surface area (TPSA) is 105 Å². The smallest absolute Gasteiger partial charge is 0.264 e. The summed E-state index contributed by atoms with van der Waals surface area (Å²) in [6.07, 6.45) is 3.91. The molecular formula is C31H36BrN3O6S. The van der Waals surface area contributed by atoms with Crippen molar-refractivity contribution in [3.05, 3.63) is 82.8 Å². The summed E-state index contributed by atoms with van der Waals surface area (Å²) in [7, 11) is -1.31. The van der Waals surface area contributed by atoms with E-state index < -0.39 is 28.5 Å². The van der Waals surface area contributed by atoms with Crippen LogP contribution in [0.2, 0.25) is 0 Å². The van der Waals surface area contributed by atoms with E-state index in [4.69, 9.17) is 9.47 Å². The second kappa shape index (κ2) is 14.1. The Kier molecular flexibility index (Phi) is 10.5. The van der Waals surface area contributed by atoms with Crippen molar-refractivity contribution in [3.63, 3.8) is 0 Å². The quantitative estimate of drug-likeness (QED) is 0.289. The summed E-state index contributed by atoms with van der Waals surface area (Å²) in [4.78, 5) is 28.9. The Hall–Kier alpha value is -3.57. The minimum atomic E-state index is -4.24. The van der Waals surface area contributed by atoms with Crippen LogP contribution in [0.3, 0.4) is 0 Å². The fraction of sp³-hybridized carbons (Fsp3) is 0.355. The number of carbonyl (C=O) groups is 2. The van der Waals surface area contributed by atoms with Crippen LogP contribution in [0.5, 0.6) is 11.5 Å². The number of nitrogens with one attached hydrogen (secondary N) is 1. The Morgan fingerprint density at radius 2 is 1.60 bits per heavy atom. The minimum Gasteiger partial charge on any atom is -0.497 e. The van der Waals surface area contributed by atoms with Crippen molar-refractivity contribution in [1.29, 1.82) is 0 Å². The van der Waals surface area contributed by atoms with Gasteiger partial charge in [0.15, 0.2) is 0 Å².